The lowest BCUT2D eigenvalue weighted by Crippen LogP contribution is -2.56. The predicted molar refractivity (Wildman–Crippen MR) is 91.7 cm³/mol. The first-order valence-corrected chi connectivity index (χ1v) is 10.0. The molecule has 0 aromatic carbocycles. The molecule has 4 aliphatic carbocycles. The summed E-state index contributed by atoms with van der Waals surface area (Å²) in [6, 6.07) is 0. The number of rotatable bonds is 5. The molecule has 1 N–H and O–H groups in total. The van der Waals surface area contributed by atoms with Crippen LogP contribution in [-0.2, 0) is 19.1 Å². The van der Waals surface area contributed by atoms with E-state index in [0.717, 1.165) is 38.7 Å². The van der Waals surface area contributed by atoms with Crippen molar-refractivity contribution in [2.45, 2.75) is 61.8 Å². The summed E-state index contributed by atoms with van der Waals surface area (Å²) in [6.07, 6.45) is 8.50. The number of hydrogen-bond donors (Lipinski definition) is 1. The summed E-state index contributed by atoms with van der Waals surface area (Å²) < 4.78 is 11.0. The van der Waals surface area contributed by atoms with E-state index in [0.29, 0.717) is 18.4 Å². The molecule has 4 saturated carbocycles. The number of esters is 1. The van der Waals surface area contributed by atoms with Gasteiger partial charge in [-0.1, -0.05) is 15.9 Å². The monoisotopic (exact) mass is 399 g/mol. The van der Waals surface area contributed by atoms with Crippen LogP contribution in [0.3, 0.4) is 0 Å². The molecule has 6 heteroatoms. The number of amides is 1. The van der Waals surface area contributed by atoms with Gasteiger partial charge in [-0.05, 0) is 63.2 Å². The molecule has 5 fully saturated rings. The SMILES string of the molecule is O=C(COC(=O)C12C[C@@H]3C[C@@H](CC(Br)(C3)C1)C2)NC[C@H]1CCCO1. The molecular weight excluding hydrogens is 374 g/mol. The predicted octanol–water partition coefficient (Wildman–Crippen LogP) is 2.56. The fraction of sp³-hybridized carbons (Fsp3) is 0.889. The van der Waals surface area contributed by atoms with Gasteiger partial charge in [-0.15, -0.1) is 0 Å². The lowest BCUT2D eigenvalue weighted by atomic mass is 9.49. The first-order chi connectivity index (χ1) is 11.5. The van der Waals surface area contributed by atoms with Gasteiger partial charge in [0.2, 0.25) is 0 Å². The largest absolute Gasteiger partial charge is 0.455 e. The molecule has 1 amide bonds. The summed E-state index contributed by atoms with van der Waals surface area (Å²) in [5, 5.41) is 2.81. The van der Waals surface area contributed by atoms with Gasteiger partial charge in [-0.2, -0.15) is 0 Å². The van der Waals surface area contributed by atoms with Crippen LogP contribution in [0.25, 0.3) is 0 Å². The molecule has 5 rings (SSSR count). The molecule has 1 heterocycles. The second-order valence-corrected chi connectivity index (χ2v) is 10.1. The minimum absolute atomic E-state index is 0.112. The molecule has 5 nitrogen and oxygen atoms in total. The Hall–Kier alpha value is -0.620. The van der Waals surface area contributed by atoms with E-state index in [1.54, 1.807) is 0 Å². The van der Waals surface area contributed by atoms with Crippen molar-refractivity contribution >= 4 is 27.8 Å². The molecule has 0 spiro atoms. The third-order valence-corrected chi connectivity index (χ3v) is 7.24. The van der Waals surface area contributed by atoms with Crippen LogP contribution >= 0.6 is 15.9 Å². The average Bonchev–Trinajstić information content (AvgIpc) is 3.01. The Morgan fingerprint density at radius 3 is 2.58 bits per heavy atom. The van der Waals surface area contributed by atoms with E-state index in [1.165, 1.54) is 19.3 Å². The van der Waals surface area contributed by atoms with Crippen LogP contribution < -0.4 is 5.32 Å². The molecule has 2 unspecified atom stereocenters. The van der Waals surface area contributed by atoms with Crippen molar-refractivity contribution in [1.29, 1.82) is 0 Å². The normalized spacial score (nSPS) is 43.0. The van der Waals surface area contributed by atoms with Crippen LogP contribution in [0.5, 0.6) is 0 Å². The maximum absolute atomic E-state index is 12.8. The Balaban J connectivity index is 1.29. The number of carbonyl (C=O) groups excluding carboxylic acids is 2. The van der Waals surface area contributed by atoms with Crippen LogP contribution in [0.2, 0.25) is 0 Å². The van der Waals surface area contributed by atoms with Crippen molar-refractivity contribution in [3.05, 3.63) is 0 Å². The number of nitrogens with one attached hydrogen (secondary N) is 1. The van der Waals surface area contributed by atoms with E-state index in [4.69, 9.17) is 9.47 Å². The fourth-order valence-electron chi connectivity index (χ4n) is 5.76. The van der Waals surface area contributed by atoms with E-state index in [9.17, 15) is 9.59 Å². The molecule has 134 valence electrons. The third kappa shape index (κ3) is 3.24. The van der Waals surface area contributed by atoms with Crippen LogP contribution in [0.15, 0.2) is 0 Å². The zero-order valence-electron chi connectivity index (χ0n) is 14.0. The number of halogens is 1. The van der Waals surface area contributed by atoms with Gasteiger partial charge in [0.15, 0.2) is 6.61 Å². The first kappa shape index (κ1) is 16.8. The van der Waals surface area contributed by atoms with Gasteiger partial charge in [0, 0.05) is 17.5 Å². The molecule has 24 heavy (non-hydrogen) atoms. The van der Waals surface area contributed by atoms with Gasteiger partial charge in [-0.3, -0.25) is 9.59 Å². The van der Waals surface area contributed by atoms with E-state index in [1.807, 2.05) is 0 Å². The molecule has 1 saturated heterocycles. The highest BCUT2D eigenvalue weighted by atomic mass is 79.9. The molecule has 5 aliphatic rings. The molecule has 1 aliphatic heterocycles. The number of alkyl halides is 1. The average molecular weight is 400 g/mol. The number of ether oxygens (including phenoxy) is 2. The Kier molecular flexibility index (Phi) is 4.40. The molecule has 4 bridgehead atoms. The lowest BCUT2D eigenvalue weighted by molar-refractivity contribution is -0.171. The standard InChI is InChI=1S/C18H26BrNO4/c19-18-7-12-4-13(8-18)6-17(5-12,11-18)16(22)24-10-15(21)20-9-14-2-1-3-23-14/h12-14H,1-11H2,(H,20,21)/t12-,13+,14-,17?,18?/m1/s1. The first-order valence-electron chi connectivity index (χ1n) is 9.21. The summed E-state index contributed by atoms with van der Waals surface area (Å²) in [7, 11) is 0. The zero-order chi connectivity index (χ0) is 16.8. The smallest absolute Gasteiger partial charge is 0.312 e. The van der Waals surface area contributed by atoms with E-state index in [2.05, 4.69) is 21.2 Å². The Morgan fingerprint density at radius 2 is 1.96 bits per heavy atom. The van der Waals surface area contributed by atoms with Gasteiger partial charge in [0.05, 0.1) is 11.5 Å². The summed E-state index contributed by atoms with van der Waals surface area (Å²) in [5.41, 5.74) is -0.359. The second kappa shape index (κ2) is 6.27. The van der Waals surface area contributed by atoms with Gasteiger partial charge in [-0.25, -0.2) is 0 Å². The van der Waals surface area contributed by atoms with Crippen molar-refractivity contribution in [3.63, 3.8) is 0 Å². The molecule has 0 aromatic rings. The number of hydrogen-bond acceptors (Lipinski definition) is 4. The van der Waals surface area contributed by atoms with Gasteiger partial charge in [0.1, 0.15) is 0 Å². The zero-order valence-corrected chi connectivity index (χ0v) is 15.6. The lowest BCUT2D eigenvalue weighted by Gasteiger charge is -2.58. The minimum atomic E-state index is -0.359. The Bertz CT molecular complexity index is 517. The molecule has 0 radical (unpaired) electrons. The van der Waals surface area contributed by atoms with Gasteiger partial charge < -0.3 is 14.8 Å². The quantitative estimate of drug-likeness (QED) is 0.569. The summed E-state index contributed by atoms with van der Waals surface area (Å²) in [5.74, 6) is 0.878. The van der Waals surface area contributed by atoms with Crippen LogP contribution in [0, 0.1) is 17.3 Å². The maximum Gasteiger partial charge on any atom is 0.312 e. The molecular formula is C18H26BrNO4. The highest BCUT2D eigenvalue weighted by molar-refractivity contribution is 9.10. The fourth-order valence-corrected chi connectivity index (χ4v) is 7.21. The van der Waals surface area contributed by atoms with Crippen LogP contribution in [0.4, 0.5) is 0 Å². The minimum Gasteiger partial charge on any atom is -0.455 e. The van der Waals surface area contributed by atoms with Gasteiger partial charge >= 0.3 is 5.97 Å². The number of carbonyl (C=O) groups is 2. The maximum atomic E-state index is 12.8. The van der Waals surface area contributed by atoms with Crippen molar-refractivity contribution in [2.75, 3.05) is 19.8 Å². The highest BCUT2D eigenvalue weighted by Gasteiger charge is 2.60. The summed E-state index contributed by atoms with van der Waals surface area (Å²) in [6.45, 7) is 1.11. The highest BCUT2D eigenvalue weighted by Crippen LogP contribution is 2.64. The Labute approximate surface area is 151 Å². The third-order valence-electron chi connectivity index (χ3n) is 6.31. The van der Waals surface area contributed by atoms with Crippen LogP contribution in [-0.4, -0.2) is 42.1 Å². The molecule has 0 aromatic heterocycles. The van der Waals surface area contributed by atoms with Crippen LogP contribution in [0.1, 0.15) is 51.4 Å². The van der Waals surface area contributed by atoms with Crippen molar-refractivity contribution in [2.24, 2.45) is 17.3 Å². The topological polar surface area (TPSA) is 64.6 Å². The van der Waals surface area contributed by atoms with Crippen molar-refractivity contribution in [1.82, 2.24) is 5.32 Å². The van der Waals surface area contributed by atoms with E-state index < -0.39 is 0 Å². The summed E-state index contributed by atoms with van der Waals surface area (Å²) in [4.78, 5) is 24.7. The molecule has 5 atom stereocenters. The van der Waals surface area contributed by atoms with E-state index in [-0.39, 0.29) is 34.3 Å². The second-order valence-electron chi connectivity index (χ2n) is 8.41. The van der Waals surface area contributed by atoms with Gasteiger partial charge in [0.25, 0.3) is 5.91 Å². The Morgan fingerprint density at radius 1 is 1.21 bits per heavy atom. The van der Waals surface area contributed by atoms with E-state index >= 15 is 0 Å². The van der Waals surface area contributed by atoms with Crippen molar-refractivity contribution < 1.29 is 19.1 Å². The van der Waals surface area contributed by atoms with Crippen molar-refractivity contribution in [3.8, 4) is 0 Å². The summed E-state index contributed by atoms with van der Waals surface area (Å²) >= 11 is 3.90.